The Bertz CT molecular complexity index is 929. The topological polar surface area (TPSA) is 42.2 Å². The number of benzene rings is 1. The Kier molecular flexibility index (Phi) is 4.65. The molecule has 1 aliphatic rings. The van der Waals surface area contributed by atoms with Crippen molar-refractivity contribution in [1.82, 2.24) is 4.57 Å². The number of aliphatic carboxylic acids is 1. The van der Waals surface area contributed by atoms with E-state index >= 15 is 0 Å². The van der Waals surface area contributed by atoms with Crippen molar-refractivity contribution >= 4 is 29.5 Å². The third-order valence-electron chi connectivity index (χ3n) is 4.67. The first kappa shape index (κ1) is 17.6. The Morgan fingerprint density at radius 3 is 2.76 bits per heavy atom. The van der Waals surface area contributed by atoms with E-state index in [9.17, 15) is 9.90 Å². The number of hydrogen-bond acceptors (Lipinski definition) is 2. The summed E-state index contributed by atoms with van der Waals surface area (Å²) in [7, 11) is 0. The molecule has 0 unspecified atom stereocenters. The van der Waals surface area contributed by atoms with Gasteiger partial charge in [0.25, 0.3) is 0 Å². The Balaban J connectivity index is 2.08. The van der Waals surface area contributed by atoms with Crippen LogP contribution in [-0.2, 0) is 17.8 Å². The van der Waals surface area contributed by atoms with Crippen LogP contribution in [-0.4, -0.2) is 15.6 Å². The minimum atomic E-state index is -0.834. The fourth-order valence-corrected chi connectivity index (χ4v) is 3.48. The van der Waals surface area contributed by atoms with Crippen molar-refractivity contribution in [3.63, 3.8) is 0 Å². The predicted octanol–water partition coefficient (Wildman–Crippen LogP) is 4.94. The molecule has 0 atom stereocenters. The van der Waals surface area contributed by atoms with Gasteiger partial charge in [-0.05, 0) is 42.7 Å². The molecule has 0 bridgehead atoms. The zero-order valence-corrected chi connectivity index (χ0v) is 15.7. The van der Waals surface area contributed by atoms with Gasteiger partial charge < -0.3 is 9.67 Å². The molecule has 4 heteroatoms. The molecular formula is C21H23NO2S. The Morgan fingerprint density at radius 2 is 2.04 bits per heavy atom. The fourth-order valence-electron chi connectivity index (χ4n) is 3.28. The van der Waals surface area contributed by atoms with Crippen LogP contribution in [0.1, 0.15) is 25.1 Å². The van der Waals surface area contributed by atoms with E-state index in [1.807, 2.05) is 29.7 Å². The Labute approximate surface area is 153 Å². The first-order chi connectivity index (χ1) is 11.8. The van der Waals surface area contributed by atoms with Gasteiger partial charge in [-0.1, -0.05) is 44.2 Å². The first-order valence-electron chi connectivity index (χ1n) is 8.37. The van der Waals surface area contributed by atoms with Gasteiger partial charge in [-0.15, -0.1) is 12.6 Å². The standard InChI is InChI=1S/C21H23NO2S/c1-14-17(11-15-5-4-9-21(2,3)10-8-15)18-12-16(25)6-7-19(18)22(14)13-20(23)24/h4-10,12,25H,11,13H2,1-3H3,(H,23,24). The van der Waals surface area contributed by atoms with Crippen molar-refractivity contribution in [3.05, 3.63) is 65.4 Å². The highest BCUT2D eigenvalue weighted by Crippen LogP contribution is 2.31. The minimum absolute atomic E-state index is 0.0317. The van der Waals surface area contributed by atoms with Crippen molar-refractivity contribution < 1.29 is 9.90 Å². The molecule has 0 fully saturated rings. The highest BCUT2D eigenvalue weighted by atomic mass is 32.1. The van der Waals surface area contributed by atoms with E-state index in [0.717, 1.165) is 33.5 Å². The lowest BCUT2D eigenvalue weighted by Gasteiger charge is -2.12. The molecule has 0 saturated heterocycles. The lowest BCUT2D eigenvalue weighted by atomic mass is 9.93. The number of hydrogen-bond donors (Lipinski definition) is 2. The van der Waals surface area contributed by atoms with Crippen LogP contribution in [0, 0.1) is 12.3 Å². The van der Waals surface area contributed by atoms with Gasteiger partial charge in [-0.2, -0.15) is 0 Å². The van der Waals surface area contributed by atoms with Crippen LogP contribution < -0.4 is 0 Å². The summed E-state index contributed by atoms with van der Waals surface area (Å²) in [6.45, 7) is 6.31. The number of thiol groups is 1. The van der Waals surface area contributed by atoms with Crippen molar-refractivity contribution in [2.24, 2.45) is 5.41 Å². The Hall–Kier alpha value is -2.20. The molecule has 1 N–H and O–H groups in total. The van der Waals surface area contributed by atoms with Crippen molar-refractivity contribution in [2.75, 3.05) is 0 Å². The summed E-state index contributed by atoms with van der Waals surface area (Å²) >= 11 is 4.46. The molecule has 0 radical (unpaired) electrons. The quantitative estimate of drug-likeness (QED) is 0.764. The van der Waals surface area contributed by atoms with Crippen LogP contribution in [0.3, 0.4) is 0 Å². The summed E-state index contributed by atoms with van der Waals surface area (Å²) in [5.74, 6) is -0.834. The molecule has 25 heavy (non-hydrogen) atoms. The van der Waals surface area contributed by atoms with E-state index in [4.69, 9.17) is 0 Å². The van der Waals surface area contributed by atoms with Crippen LogP contribution in [0.25, 0.3) is 10.9 Å². The van der Waals surface area contributed by atoms with Crippen LogP contribution >= 0.6 is 12.6 Å². The highest BCUT2D eigenvalue weighted by Gasteiger charge is 2.17. The minimum Gasteiger partial charge on any atom is -0.480 e. The van der Waals surface area contributed by atoms with Gasteiger partial charge in [0.1, 0.15) is 6.54 Å². The van der Waals surface area contributed by atoms with E-state index in [0.29, 0.717) is 0 Å². The SMILES string of the molecule is Cc1c(CC2=CC=CC(C)(C)C=C2)c2cc(S)ccc2n1CC(=O)O. The molecule has 0 spiro atoms. The van der Waals surface area contributed by atoms with Crippen molar-refractivity contribution in [2.45, 2.75) is 38.6 Å². The molecule has 1 aromatic heterocycles. The highest BCUT2D eigenvalue weighted by molar-refractivity contribution is 7.80. The van der Waals surface area contributed by atoms with Gasteiger partial charge in [-0.25, -0.2) is 0 Å². The number of rotatable bonds is 4. The molecule has 2 aromatic rings. The van der Waals surface area contributed by atoms with Crippen molar-refractivity contribution in [3.8, 4) is 0 Å². The number of nitrogens with zero attached hydrogens (tertiary/aromatic N) is 1. The molecule has 130 valence electrons. The second kappa shape index (κ2) is 6.60. The van der Waals surface area contributed by atoms with Gasteiger partial charge in [0.15, 0.2) is 0 Å². The molecule has 1 aromatic carbocycles. The molecular weight excluding hydrogens is 330 g/mol. The largest absolute Gasteiger partial charge is 0.480 e. The van der Waals surface area contributed by atoms with Crippen LogP contribution in [0.4, 0.5) is 0 Å². The van der Waals surface area contributed by atoms with Crippen LogP contribution in [0.15, 0.2) is 59.0 Å². The number of carboxylic acid groups (broad SMARTS) is 1. The lowest BCUT2D eigenvalue weighted by Crippen LogP contribution is -2.10. The number of carboxylic acids is 1. The van der Waals surface area contributed by atoms with Crippen LogP contribution in [0.2, 0.25) is 0 Å². The monoisotopic (exact) mass is 353 g/mol. The number of allylic oxidation sites excluding steroid dienone is 6. The number of fused-ring (bicyclic) bond motifs is 1. The van der Waals surface area contributed by atoms with E-state index in [1.165, 1.54) is 5.57 Å². The molecule has 0 aliphatic heterocycles. The molecule has 3 rings (SSSR count). The zero-order valence-electron chi connectivity index (χ0n) is 14.8. The summed E-state index contributed by atoms with van der Waals surface area (Å²) in [6.07, 6.45) is 11.6. The van der Waals surface area contributed by atoms with E-state index < -0.39 is 5.97 Å². The van der Waals surface area contributed by atoms with E-state index in [2.05, 4.69) is 56.9 Å². The third kappa shape index (κ3) is 3.74. The van der Waals surface area contributed by atoms with Crippen molar-refractivity contribution in [1.29, 1.82) is 0 Å². The summed E-state index contributed by atoms with van der Waals surface area (Å²) < 4.78 is 1.88. The average Bonchev–Trinajstić information content (AvgIpc) is 2.66. The average molecular weight is 353 g/mol. The lowest BCUT2D eigenvalue weighted by molar-refractivity contribution is -0.137. The smallest absolute Gasteiger partial charge is 0.323 e. The fraction of sp³-hybridized carbons (Fsp3) is 0.286. The number of carbonyl (C=O) groups is 1. The summed E-state index contributed by atoms with van der Waals surface area (Å²) in [4.78, 5) is 12.2. The van der Waals surface area contributed by atoms with Gasteiger partial charge >= 0.3 is 5.97 Å². The second-order valence-corrected chi connectivity index (χ2v) is 7.69. The zero-order chi connectivity index (χ0) is 18.2. The van der Waals surface area contributed by atoms with Gasteiger partial charge in [0.2, 0.25) is 0 Å². The van der Waals surface area contributed by atoms with Gasteiger partial charge in [0.05, 0.1) is 0 Å². The molecule has 1 aliphatic carbocycles. The number of aromatic nitrogens is 1. The Morgan fingerprint density at radius 1 is 1.28 bits per heavy atom. The molecule has 0 saturated carbocycles. The maximum atomic E-state index is 11.3. The third-order valence-corrected chi connectivity index (χ3v) is 4.95. The van der Waals surface area contributed by atoms with E-state index in [-0.39, 0.29) is 12.0 Å². The normalized spacial score (nSPS) is 16.1. The van der Waals surface area contributed by atoms with Gasteiger partial charge in [0, 0.05) is 26.9 Å². The van der Waals surface area contributed by atoms with Crippen LogP contribution in [0.5, 0.6) is 0 Å². The first-order valence-corrected chi connectivity index (χ1v) is 8.82. The summed E-state index contributed by atoms with van der Waals surface area (Å²) in [6, 6.07) is 5.89. The molecule has 1 heterocycles. The van der Waals surface area contributed by atoms with E-state index in [1.54, 1.807) is 0 Å². The maximum absolute atomic E-state index is 11.3. The maximum Gasteiger partial charge on any atom is 0.323 e. The molecule has 0 amide bonds. The summed E-state index contributed by atoms with van der Waals surface area (Å²) in [5.41, 5.74) is 4.36. The summed E-state index contributed by atoms with van der Waals surface area (Å²) in [5, 5.41) is 10.3. The predicted molar refractivity (Wildman–Crippen MR) is 105 cm³/mol. The molecule has 3 nitrogen and oxygen atoms in total. The van der Waals surface area contributed by atoms with Gasteiger partial charge in [-0.3, -0.25) is 4.79 Å². The second-order valence-electron chi connectivity index (χ2n) is 7.18.